The molecule has 0 aliphatic rings. The normalized spacial score (nSPS) is 12.8. The summed E-state index contributed by atoms with van der Waals surface area (Å²) in [6.45, 7) is 4.37. The summed E-state index contributed by atoms with van der Waals surface area (Å²) in [4.78, 5) is 8.05. The molecule has 198 valence electrons. The molecule has 0 aliphatic carbocycles. The second kappa shape index (κ2) is 9.40. The molecule has 12 heteroatoms. The Hall–Kier alpha value is 0.300. The second-order valence-corrected chi connectivity index (χ2v) is 21.4. The van der Waals surface area contributed by atoms with Crippen LogP contribution in [0.2, 0.25) is 0 Å². The minimum absolute atomic E-state index is 1.23. The van der Waals surface area contributed by atoms with E-state index in [2.05, 4.69) is 102 Å². The molecule has 0 atom stereocenters. The molecule has 40 heavy (non-hydrogen) atoms. The monoisotopic (exact) mass is 918 g/mol. The van der Waals surface area contributed by atoms with E-state index in [1.54, 1.807) is 0 Å². The summed E-state index contributed by atoms with van der Waals surface area (Å²) >= 11 is 31.1. The lowest BCUT2D eigenvalue weighted by Gasteiger charge is -1.98. The van der Waals surface area contributed by atoms with Crippen molar-refractivity contribution in [3.63, 3.8) is 0 Å². The molecule has 0 saturated carbocycles. The van der Waals surface area contributed by atoms with Crippen molar-refractivity contribution >= 4 is 212 Å². The Morgan fingerprint density at radius 3 is 1.15 bits per heavy atom. The van der Waals surface area contributed by atoms with E-state index in [-0.39, 0.29) is 0 Å². The van der Waals surface area contributed by atoms with E-state index in [1.807, 2.05) is 90.7 Å². The minimum Gasteiger partial charge on any atom is -0.138 e. The average Bonchev–Trinajstić information content (AvgIpc) is 3.77. The SMILES string of the molecule is Cc1cc2sc(-c3sc4c(sc5cc6c(cc54)sc4c(Br)c(-c5sc7cc(C)sc7c5Br)sc46)c3Br)c(Br)c2s1. The summed E-state index contributed by atoms with van der Waals surface area (Å²) in [6, 6.07) is 9.49. The predicted molar refractivity (Wildman–Crippen MR) is 206 cm³/mol. The Bertz CT molecular complexity index is 2340. The first-order chi connectivity index (χ1) is 19.3. The van der Waals surface area contributed by atoms with E-state index in [9.17, 15) is 0 Å². The Labute approximate surface area is 293 Å². The average molecular weight is 923 g/mol. The standard InChI is InChI=1S/C28H10Br4S8/c1-7-3-13-21(33-7)15(29)25(37-13)27-17(31)23-19(39-27)9-5-12-10(6-11(9)35-23)20-24(36-12)18(32)28(40-20)26-16(30)22-14(38-26)4-8(2)34-22/h3-6H,1-2H3. The lowest BCUT2D eigenvalue weighted by molar-refractivity contribution is 1.66. The van der Waals surface area contributed by atoms with E-state index in [1.165, 1.54) is 105 Å². The molecule has 0 aliphatic heterocycles. The lowest BCUT2D eigenvalue weighted by atomic mass is 10.2. The number of thiophene rings is 8. The summed E-state index contributed by atoms with van der Waals surface area (Å²) in [6.07, 6.45) is 0. The van der Waals surface area contributed by atoms with Crippen molar-refractivity contribution < 1.29 is 0 Å². The highest BCUT2D eigenvalue weighted by Crippen LogP contribution is 2.58. The highest BCUT2D eigenvalue weighted by Gasteiger charge is 2.25. The van der Waals surface area contributed by atoms with Crippen molar-refractivity contribution in [1.29, 1.82) is 0 Å². The van der Waals surface area contributed by atoms with E-state index in [4.69, 9.17) is 0 Å². The van der Waals surface area contributed by atoms with Crippen molar-refractivity contribution in [3.8, 4) is 19.5 Å². The van der Waals surface area contributed by atoms with Crippen LogP contribution >= 0.6 is 154 Å². The highest BCUT2D eigenvalue weighted by molar-refractivity contribution is 9.11. The largest absolute Gasteiger partial charge is 0.138 e. The molecule has 0 spiro atoms. The topological polar surface area (TPSA) is 0 Å². The first-order valence-corrected chi connectivity index (χ1v) is 21.5. The molecular weight excluding hydrogens is 912 g/mol. The van der Waals surface area contributed by atoms with Gasteiger partial charge in [0, 0.05) is 39.3 Å². The van der Waals surface area contributed by atoms with E-state index >= 15 is 0 Å². The molecule has 8 heterocycles. The maximum Gasteiger partial charge on any atom is 0.0618 e. The van der Waals surface area contributed by atoms with Crippen molar-refractivity contribution in [2.75, 3.05) is 0 Å². The molecule has 0 fully saturated rings. The van der Waals surface area contributed by atoms with Crippen molar-refractivity contribution in [3.05, 3.63) is 51.9 Å². The molecule has 8 aromatic heterocycles. The van der Waals surface area contributed by atoms with Gasteiger partial charge in [-0.2, -0.15) is 0 Å². The van der Waals surface area contributed by atoms with Gasteiger partial charge in [0.1, 0.15) is 0 Å². The third-order valence-corrected chi connectivity index (χ3v) is 22.2. The van der Waals surface area contributed by atoms with E-state index in [0.717, 1.165) is 0 Å². The van der Waals surface area contributed by atoms with Gasteiger partial charge in [-0.05, 0) is 102 Å². The van der Waals surface area contributed by atoms with Gasteiger partial charge in [0.15, 0.2) is 0 Å². The van der Waals surface area contributed by atoms with Crippen LogP contribution in [0.15, 0.2) is 42.2 Å². The summed E-state index contributed by atoms with van der Waals surface area (Å²) in [5, 5.41) is 2.74. The fourth-order valence-corrected chi connectivity index (χ4v) is 19.8. The van der Waals surface area contributed by atoms with Gasteiger partial charge in [0.05, 0.1) is 65.6 Å². The van der Waals surface area contributed by atoms with E-state index in [0.29, 0.717) is 0 Å². The van der Waals surface area contributed by atoms with Gasteiger partial charge in [-0.3, -0.25) is 0 Å². The summed E-state index contributed by atoms with van der Waals surface area (Å²) in [5.41, 5.74) is 0. The lowest BCUT2D eigenvalue weighted by Crippen LogP contribution is -1.68. The van der Waals surface area contributed by atoms with Crippen LogP contribution in [0.25, 0.3) is 77.3 Å². The molecule has 0 nitrogen and oxygen atoms in total. The number of halogens is 4. The zero-order valence-electron chi connectivity index (χ0n) is 20.1. The van der Waals surface area contributed by atoms with Crippen LogP contribution in [-0.2, 0) is 0 Å². The first-order valence-electron chi connectivity index (χ1n) is 11.8. The smallest absolute Gasteiger partial charge is 0.0618 e. The van der Waals surface area contributed by atoms with Gasteiger partial charge in [-0.1, -0.05) is 0 Å². The van der Waals surface area contributed by atoms with Crippen molar-refractivity contribution in [1.82, 2.24) is 0 Å². The molecule has 0 N–H and O–H groups in total. The third kappa shape index (κ3) is 3.68. The molecule has 0 amide bonds. The van der Waals surface area contributed by atoms with Gasteiger partial charge in [-0.25, -0.2) is 0 Å². The van der Waals surface area contributed by atoms with Crippen molar-refractivity contribution in [2.24, 2.45) is 0 Å². The molecule has 0 bridgehead atoms. The number of rotatable bonds is 2. The zero-order chi connectivity index (χ0) is 27.2. The molecule has 0 unspecified atom stereocenters. The second-order valence-electron chi connectivity index (χ2n) is 9.45. The van der Waals surface area contributed by atoms with Crippen LogP contribution in [0.3, 0.4) is 0 Å². The van der Waals surface area contributed by atoms with Gasteiger partial charge < -0.3 is 0 Å². The summed E-state index contributed by atoms with van der Waals surface area (Å²) in [5.74, 6) is 0. The molecule has 9 aromatic rings. The minimum atomic E-state index is 1.23. The van der Waals surface area contributed by atoms with Gasteiger partial charge in [0.2, 0.25) is 0 Å². The summed E-state index contributed by atoms with van der Waals surface area (Å²) in [7, 11) is 0. The van der Waals surface area contributed by atoms with E-state index < -0.39 is 0 Å². The Morgan fingerprint density at radius 2 is 0.750 bits per heavy atom. The summed E-state index contributed by atoms with van der Waals surface area (Å²) < 4.78 is 18.6. The van der Waals surface area contributed by atoms with Crippen LogP contribution in [0.5, 0.6) is 0 Å². The number of aryl methyl sites for hydroxylation is 2. The Kier molecular flexibility index (Phi) is 6.27. The molecule has 9 rings (SSSR count). The van der Waals surface area contributed by atoms with Crippen LogP contribution in [0.4, 0.5) is 0 Å². The van der Waals surface area contributed by atoms with Crippen molar-refractivity contribution in [2.45, 2.75) is 13.8 Å². The number of fused-ring (bicyclic) bond motifs is 8. The maximum absolute atomic E-state index is 4.01. The number of hydrogen-bond acceptors (Lipinski definition) is 8. The molecule has 0 radical (unpaired) electrons. The maximum atomic E-state index is 4.01. The van der Waals surface area contributed by atoms with Crippen LogP contribution in [0.1, 0.15) is 9.75 Å². The number of benzene rings is 1. The van der Waals surface area contributed by atoms with Crippen LogP contribution in [0, 0.1) is 13.8 Å². The highest BCUT2D eigenvalue weighted by atomic mass is 79.9. The quantitative estimate of drug-likeness (QED) is 0.162. The Morgan fingerprint density at radius 1 is 0.375 bits per heavy atom. The fourth-order valence-electron chi connectivity index (χ4n) is 5.17. The van der Waals surface area contributed by atoms with Gasteiger partial charge in [-0.15, -0.1) is 90.7 Å². The van der Waals surface area contributed by atoms with Gasteiger partial charge >= 0.3 is 0 Å². The number of hydrogen-bond donors (Lipinski definition) is 0. The molecule has 1 aromatic carbocycles. The molecule has 0 saturated heterocycles. The zero-order valence-corrected chi connectivity index (χ0v) is 33.0. The first kappa shape index (κ1) is 26.7. The molecular formula is C28H10Br4S8. The van der Waals surface area contributed by atoms with Gasteiger partial charge in [0.25, 0.3) is 0 Å². The fraction of sp³-hybridized carbons (Fsp3) is 0.0714. The Balaban J connectivity index is 1.22. The predicted octanol–water partition coefficient (Wildman–Crippen LogP) is 16.1. The van der Waals surface area contributed by atoms with Crippen LogP contribution in [-0.4, -0.2) is 0 Å². The van der Waals surface area contributed by atoms with Crippen LogP contribution < -0.4 is 0 Å². The third-order valence-electron chi connectivity index (χ3n) is 6.89.